The van der Waals surface area contributed by atoms with Gasteiger partial charge < -0.3 is 5.32 Å². The Labute approximate surface area is 113 Å². The minimum Gasteiger partial charge on any atom is -0.308 e. The van der Waals surface area contributed by atoms with Crippen molar-refractivity contribution in [3.63, 3.8) is 0 Å². The second kappa shape index (κ2) is 6.47. The summed E-state index contributed by atoms with van der Waals surface area (Å²) in [6.07, 6.45) is -8.40. The fraction of sp³-hybridized carbons (Fsp3) is 0.538. The van der Waals surface area contributed by atoms with E-state index in [9.17, 15) is 26.3 Å². The fourth-order valence-electron chi connectivity index (χ4n) is 1.81. The van der Waals surface area contributed by atoms with Crippen LogP contribution in [-0.2, 0) is 12.6 Å². The maximum Gasteiger partial charge on any atom is 0.416 e. The van der Waals surface area contributed by atoms with Gasteiger partial charge in [0.25, 0.3) is 0 Å². The van der Waals surface area contributed by atoms with Crippen molar-refractivity contribution in [3.05, 3.63) is 35.4 Å². The van der Waals surface area contributed by atoms with E-state index in [0.717, 1.165) is 12.1 Å². The van der Waals surface area contributed by atoms with E-state index in [1.807, 2.05) is 0 Å². The molecule has 1 aromatic rings. The van der Waals surface area contributed by atoms with Crippen LogP contribution >= 0.6 is 0 Å². The molecule has 1 nitrogen and oxygen atoms in total. The highest BCUT2D eigenvalue weighted by atomic mass is 19.4. The molecular weight excluding hydrogens is 284 g/mol. The SMILES string of the molecule is CC(CNCC(F)(F)F)Cc1cccc(C(F)(F)F)c1. The lowest BCUT2D eigenvalue weighted by Crippen LogP contribution is -2.32. The van der Waals surface area contributed by atoms with Crippen LogP contribution in [0.5, 0.6) is 0 Å². The van der Waals surface area contributed by atoms with Gasteiger partial charge in [-0.05, 0) is 30.5 Å². The monoisotopic (exact) mass is 299 g/mol. The van der Waals surface area contributed by atoms with E-state index < -0.39 is 24.5 Å². The summed E-state index contributed by atoms with van der Waals surface area (Å²) in [4.78, 5) is 0. The first kappa shape index (κ1) is 16.8. The highest BCUT2D eigenvalue weighted by molar-refractivity contribution is 5.25. The topological polar surface area (TPSA) is 12.0 Å². The summed E-state index contributed by atoms with van der Waals surface area (Å²) < 4.78 is 73.3. The second-order valence-electron chi connectivity index (χ2n) is 4.75. The standard InChI is InChI=1S/C13H15F6N/c1-9(7-20-8-12(14,15)16)5-10-3-2-4-11(6-10)13(17,18)19/h2-4,6,9,20H,5,7-8H2,1H3. The first-order valence-corrected chi connectivity index (χ1v) is 6.01. The molecule has 0 saturated heterocycles. The maximum atomic E-state index is 12.5. The molecule has 0 saturated carbocycles. The van der Waals surface area contributed by atoms with Gasteiger partial charge in [0.2, 0.25) is 0 Å². The summed E-state index contributed by atoms with van der Waals surface area (Å²) in [6, 6.07) is 4.83. The van der Waals surface area contributed by atoms with Crippen LogP contribution in [0.25, 0.3) is 0 Å². The Morgan fingerprint density at radius 3 is 2.30 bits per heavy atom. The molecule has 0 aliphatic carbocycles. The third kappa shape index (κ3) is 6.27. The predicted octanol–water partition coefficient (Wildman–Crippen LogP) is 4.04. The van der Waals surface area contributed by atoms with Crippen LogP contribution in [0, 0.1) is 5.92 Å². The first-order chi connectivity index (χ1) is 9.08. The Hall–Kier alpha value is -1.24. The first-order valence-electron chi connectivity index (χ1n) is 6.01. The molecule has 0 radical (unpaired) electrons. The van der Waals surface area contributed by atoms with Crippen LogP contribution < -0.4 is 5.32 Å². The number of rotatable bonds is 5. The molecule has 20 heavy (non-hydrogen) atoms. The quantitative estimate of drug-likeness (QED) is 0.809. The molecule has 114 valence electrons. The molecule has 1 unspecified atom stereocenters. The van der Waals surface area contributed by atoms with Crippen LogP contribution in [-0.4, -0.2) is 19.3 Å². The van der Waals surface area contributed by atoms with Crippen LogP contribution in [0.4, 0.5) is 26.3 Å². The van der Waals surface area contributed by atoms with Crippen molar-refractivity contribution in [2.75, 3.05) is 13.1 Å². The molecule has 0 amide bonds. The maximum absolute atomic E-state index is 12.5. The van der Waals surface area contributed by atoms with Gasteiger partial charge in [0.05, 0.1) is 12.1 Å². The van der Waals surface area contributed by atoms with Gasteiger partial charge in [-0.1, -0.05) is 25.1 Å². The fourth-order valence-corrected chi connectivity index (χ4v) is 1.81. The summed E-state index contributed by atoms with van der Waals surface area (Å²) in [7, 11) is 0. The Balaban J connectivity index is 2.52. The third-order valence-corrected chi connectivity index (χ3v) is 2.66. The van der Waals surface area contributed by atoms with Gasteiger partial charge in [0.15, 0.2) is 0 Å². The molecule has 0 heterocycles. The molecule has 0 spiro atoms. The molecule has 0 aliphatic rings. The second-order valence-corrected chi connectivity index (χ2v) is 4.75. The zero-order valence-electron chi connectivity index (χ0n) is 10.8. The number of nitrogens with one attached hydrogen (secondary N) is 1. The minimum atomic E-state index is -4.41. The zero-order valence-corrected chi connectivity index (χ0v) is 10.8. The summed E-state index contributed by atoms with van der Waals surface area (Å²) in [5.41, 5.74) is -0.286. The van der Waals surface area contributed by atoms with Crippen molar-refractivity contribution in [1.29, 1.82) is 0 Å². The highest BCUT2D eigenvalue weighted by Crippen LogP contribution is 2.29. The van der Waals surface area contributed by atoms with Gasteiger partial charge in [0, 0.05) is 0 Å². The molecule has 0 bridgehead atoms. The Bertz CT molecular complexity index is 424. The lowest BCUT2D eigenvalue weighted by atomic mass is 9.99. The van der Waals surface area contributed by atoms with Crippen molar-refractivity contribution in [2.45, 2.75) is 25.7 Å². The summed E-state index contributed by atoms with van der Waals surface area (Å²) in [6.45, 7) is 0.680. The molecule has 1 atom stereocenters. The molecule has 0 aromatic heterocycles. The lowest BCUT2D eigenvalue weighted by Gasteiger charge is -2.15. The third-order valence-electron chi connectivity index (χ3n) is 2.66. The van der Waals surface area contributed by atoms with E-state index in [-0.39, 0.29) is 18.9 Å². The van der Waals surface area contributed by atoms with Gasteiger partial charge in [-0.15, -0.1) is 0 Å². The van der Waals surface area contributed by atoms with Crippen molar-refractivity contribution in [3.8, 4) is 0 Å². The molecule has 1 N–H and O–H groups in total. The van der Waals surface area contributed by atoms with Crippen molar-refractivity contribution in [2.24, 2.45) is 5.92 Å². The van der Waals surface area contributed by atoms with E-state index in [4.69, 9.17) is 0 Å². The summed E-state index contributed by atoms with van der Waals surface area (Å²) >= 11 is 0. The van der Waals surface area contributed by atoms with Crippen LogP contribution in [0.2, 0.25) is 0 Å². The number of benzene rings is 1. The van der Waals surface area contributed by atoms with Crippen LogP contribution in [0.1, 0.15) is 18.1 Å². The lowest BCUT2D eigenvalue weighted by molar-refractivity contribution is -0.137. The number of hydrogen-bond donors (Lipinski definition) is 1. The summed E-state index contributed by atoms with van der Waals surface area (Å²) in [5.74, 6) is -0.194. The van der Waals surface area contributed by atoms with Crippen LogP contribution in [0.3, 0.4) is 0 Å². The Morgan fingerprint density at radius 2 is 1.75 bits per heavy atom. The van der Waals surface area contributed by atoms with E-state index >= 15 is 0 Å². The van der Waals surface area contributed by atoms with Gasteiger partial charge in [-0.2, -0.15) is 26.3 Å². The van der Waals surface area contributed by atoms with Gasteiger partial charge in [0.1, 0.15) is 0 Å². The normalized spacial score (nSPS) is 14.3. The predicted molar refractivity (Wildman–Crippen MR) is 63.2 cm³/mol. The largest absolute Gasteiger partial charge is 0.416 e. The average Bonchev–Trinajstić information content (AvgIpc) is 2.26. The average molecular weight is 299 g/mol. The van der Waals surface area contributed by atoms with E-state index in [2.05, 4.69) is 5.32 Å². The van der Waals surface area contributed by atoms with E-state index in [1.165, 1.54) is 12.1 Å². The smallest absolute Gasteiger partial charge is 0.308 e. The molecule has 7 heteroatoms. The van der Waals surface area contributed by atoms with Gasteiger partial charge >= 0.3 is 12.4 Å². The molecule has 1 aromatic carbocycles. The minimum absolute atomic E-state index is 0.0930. The number of alkyl halides is 6. The number of halogens is 6. The van der Waals surface area contributed by atoms with Crippen molar-refractivity contribution >= 4 is 0 Å². The van der Waals surface area contributed by atoms with E-state index in [1.54, 1.807) is 6.92 Å². The van der Waals surface area contributed by atoms with Gasteiger partial charge in [-0.3, -0.25) is 0 Å². The zero-order chi connectivity index (χ0) is 15.4. The van der Waals surface area contributed by atoms with Crippen molar-refractivity contribution in [1.82, 2.24) is 5.32 Å². The molecule has 0 aliphatic heterocycles. The van der Waals surface area contributed by atoms with Crippen LogP contribution in [0.15, 0.2) is 24.3 Å². The Morgan fingerprint density at radius 1 is 1.10 bits per heavy atom. The van der Waals surface area contributed by atoms with Gasteiger partial charge in [-0.25, -0.2) is 0 Å². The summed E-state index contributed by atoms with van der Waals surface area (Å²) in [5, 5.41) is 2.24. The molecular formula is C13H15F6N. The molecule has 1 rings (SSSR count). The Kier molecular flexibility index (Phi) is 5.44. The number of hydrogen-bond acceptors (Lipinski definition) is 1. The highest BCUT2D eigenvalue weighted by Gasteiger charge is 2.30. The molecule has 0 fully saturated rings. The van der Waals surface area contributed by atoms with E-state index in [0.29, 0.717) is 5.56 Å². The van der Waals surface area contributed by atoms with Crippen molar-refractivity contribution < 1.29 is 26.3 Å².